The Labute approximate surface area is 102 Å². The van der Waals surface area contributed by atoms with E-state index in [1.165, 1.54) is 27.7 Å². The Bertz CT molecular complexity index is 639. The molecule has 0 N–H and O–H groups in total. The summed E-state index contributed by atoms with van der Waals surface area (Å²) in [5, 5.41) is 4.07. The van der Waals surface area contributed by atoms with Crippen molar-refractivity contribution in [3.05, 3.63) is 29.1 Å². The topological polar surface area (TPSA) is 78.5 Å². The van der Waals surface area contributed by atoms with E-state index in [1.54, 1.807) is 0 Å². The van der Waals surface area contributed by atoms with Crippen LogP contribution in [0, 0.1) is 5.92 Å². The minimum Gasteiger partial charge on any atom is -0.381 e. The number of hydrogen-bond donors (Lipinski definition) is 0. The number of carbonyl (C=O) groups excluding carboxylic acids is 1. The van der Waals surface area contributed by atoms with Gasteiger partial charge in [-0.1, -0.05) is 0 Å². The van der Waals surface area contributed by atoms with E-state index in [0.717, 1.165) is 6.42 Å². The first-order chi connectivity index (χ1) is 8.75. The van der Waals surface area contributed by atoms with E-state index in [1.807, 2.05) is 0 Å². The van der Waals surface area contributed by atoms with Crippen LogP contribution in [-0.4, -0.2) is 38.2 Å². The molecule has 0 bridgehead atoms. The molecule has 7 heteroatoms. The van der Waals surface area contributed by atoms with Gasteiger partial charge in [-0.25, -0.2) is 13.9 Å². The van der Waals surface area contributed by atoms with Crippen LogP contribution in [0.4, 0.5) is 0 Å². The summed E-state index contributed by atoms with van der Waals surface area (Å²) < 4.78 is 7.71. The molecule has 0 aromatic carbocycles. The molecule has 2 aromatic heterocycles. The van der Waals surface area contributed by atoms with Crippen LogP contribution in [0.5, 0.6) is 0 Å². The van der Waals surface area contributed by atoms with Gasteiger partial charge in [0.25, 0.3) is 0 Å². The Morgan fingerprint density at radius 2 is 2.44 bits per heavy atom. The smallest absolute Gasteiger partial charge is 0.350 e. The monoisotopic (exact) mass is 248 g/mol. The summed E-state index contributed by atoms with van der Waals surface area (Å²) in [7, 11) is 0. The molecule has 18 heavy (non-hydrogen) atoms. The fourth-order valence-corrected chi connectivity index (χ4v) is 2.05. The molecule has 1 saturated heterocycles. The first kappa shape index (κ1) is 11.1. The van der Waals surface area contributed by atoms with E-state index in [9.17, 15) is 9.59 Å². The quantitative estimate of drug-likeness (QED) is 0.731. The van der Waals surface area contributed by atoms with Gasteiger partial charge in [0.1, 0.15) is 6.54 Å². The molecule has 3 rings (SSSR count). The van der Waals surface area contributed by atoms with Crippen molar-refractivity contribution in [1.82, 2.24) is 19.2 Å². The zero-order valence-electron chi connectivity index (χ0n) is 9.65. The van der Waals surface area contributed by atoms with Gasteiger partial charge in [0, 0.05) is 24.9 Å². The van der Waals surface area contributed by atoms with Gasteiger partial charge in [0.2, 0.25) is 0 Å². The summed E-state index contributed by atoms with van der Waals surface area (Å²) >= 11 is 0. The lowest BCUT2D eigenvalue weighted by Crippen LogP contribution is -2.28. The highest BCUT2D eigenvalue weighted by Crippen LogP contribution is 2.13. The summed E-state index contributed by atoms with van der Waals surface area (Å²) in [6, 6.07) is 0. The summed E-state index contributed by atoms with van der Waals surface area (Å²) in [5.41, 5.74) is 0.123. The summed E-state index contributed by atoms with van der Waals surface area (Å²) in [5.74, 6) is -0.120. The third-order valence-electron chi connectivity index (χ3n) is 3.08. The summed E-state index contributed by atoms with van der Waals surface area (Å²) in [6.07, 6.45) is 5.25. The third kappa shape index (κ3) is 1.82. The van der Waals surface area contributed by atoms with Crippen LogP contribution in [-0.2, 0) is 16.1 Å². The Morgan fingerprint density at radius 3 is 3.17 bits per heavy atom. The Kier molecular flexibility index (Phi) is 2.67. The lowest BCUT2D eigenvalue weighted by atomic mass is 10.0. The summed E-state index contributed by atoms with van der Waals surface area (Å²) in [4.78, 5) is 27.8. The summed E-state index contributed by atoms with van der Waals surface area (Å²) in [6.45, 7) is 1.05. The minimum absolute atomic E-state index is 0.00542. The van der Waals surface area contributed by atoms with Crippen molar-refractivity contribution >= 4 is 11.4 Å². The third-order valence-corrected chi connectivity index (χ3v) is 3.08. The second kappa shape index (κ2) is 4.34. The van der Waals surface area contributed by atoms with E-state index in [2.05, 4.69) is 10.1 Å². The highest BCUT2D eigenvalue weighted by molar-refractivity contribution is 5.81. The molecular formula is C11H12N4O3. The van der Waals surface area contributed by atoms with Crippen LogP contribution in [0.15, 0.2) is 23.4 Å². The van der Waals surface area contributed by atoms with Gasteiger partial charge in [0.05, 0.1) is 12.8 Å². The highest BCUT2D eigenvalue weighted by Gasteiger charge is 2.24. The first-order valence-electron chi connectivity index (χ1n) is 5.75. The lowest BCUT2D eigenvalue weighted by Gasteiger charge is -2.04. The number of aromatic nitrogens is 4. The van der Waals surface area contributed by atoms with Gasteiger partial charge in [-0.05, 0) is 6.42 Å². The average molecular weight is 248 g/mol. The maximum Gasteiger partial charge on any atom is 0.350 e. The fraction of sp³-hybridized carbons (Fsp3) is 0.455. The Hall–Kier alpha value is -2.02. The molecule has 0 amide bonds. The predicted molar refractivity (Wildman–Crippen MR) is 61.2 cm³/mol. The molecule has 1 fully saturated rings. The zero-order chi connectivity index (χ0) is 12.5. The van der Waals surface area contributed by atoms with Crippen LogP contribution >= 0.6 is 0 Å². The van der Waals surface area contributed by atoms with Crippen molar-refractivity contribution in [2.45, 2.75) is 13.0 Å². The molecule has 1 atom stereocenters. The predicted octanol–water partition coefficient (Wildman–Crippen LogP) is -0.503. The van der Waals surface area contributed by atoms with E-state index in [0.29, 0.717) is 18.9 Å². The number of fused-ring (bicyclic) bond motifs is 1. The van der Waals surface area contributed by atoms with Crippen LogP contribution < -0.4 is 5.69 Å². The minimum atomic E-state index is -0.320. The highest BCUT2D eigenvalue weighted by atomic mass is 16.5. The molecule has 3 heterocycles. The van der Waals surface area contributed by atoms with E-state index in [4.69, 9.17) is 4.74 Å². The van der Waals surface area contributed by atoms with Gasteiger partial charge in [-0.15, -0.1) is 5.10 Å². The molecule has 0 spiro atoms. The lowest BCUT2D eigenvalue weighted by molar-refractivity contribution is -0.123. The Morgan fingerprint density at radius 1 is 1.56 bits per heavy atom. The normalized spacial score (nSPS) is 19.4. The molecule has 0 radical (unpaired) electrons. The molecule has 2 aromatic rings. The van der Waals surface area contributed by atoms with Crippen molar-refractivity contribution in [3.63, 3.8) is 0 Å². The van der Waals surface area contributed by atoms with Crippen molar-refractivity contribution in [2.24, 2.45) is 5.92 Å². The number of rotatable bonds is 3. The number of ether oxygens (including phenoxy) is 1. The van der Waals surface area contributed by atoms with Gasteiger partial charge in [-0.3, -0.25) is 9.78 Å². The number of Topliss-reactive ketones (excluding diaryl/α,β-unsaturated/α-hetero) is 1. The Balaban J connectivity index is 1.88. The fourth-order valence-electron chi connectivity index (χ4n) is 2.05. The van der Waals surface area contributed by atoms with E-state index in [-0.39, 0.29) is 23.9 Å². The second-order valence-corrected chi connectivity index (χ2v) is 4.27. The largest absolute Gasteiger partial charge is 0.381 e. The maximum absolute atomic E-state index is 11.9. The number of nitrogens with zero attached hydrogens (tertiary/aromatic N) is 4. The second-order valence-electron chi connectivity index (χ2n) is 4.27. The zero-order valence-corrected chi connectivity index (χ0v) is 9.65. The van der Waals surface area contributed by atoms with Gasteiger partial charge in [0.15, 0.2) is 11.4 Å². The number of ketones is 1. The van der Waals surface area contributed by atoms with Gasteiger partial charge in [-0.2, -0.15) is 0 Å². The molecule has 0 aliphatic carbocycles. The molecule has 1 aliphatic heterocycles. The molecular weight excluding hydrogens is 236 g/mol. The van der Waals surface area contributed by atoms with Crippen molar-refractivity contribution in [1.29, 1.82) is 0 Å². The molecule has 94 valence electrons. The van der Waals surface area contributed by atoms with Crippen LogP contribution in [0.3, 0.4) is 0 Å². The maximum atomic E-state index is 11.9. The number of hydrogen-bond acceptors (Lipinski definition) is 5. The van der Waals surface area contributed by atoms with Gasteiger partial charge < -0.3 is 4.74 Å². The molecule has 1 unspecified atom stereocenters. The standard InChI is InChI=1S/C11H12N4O3/c16-9(8-1-4-18-7-8)6-15-11(17)14-3-2-12-5-10(14)13-15/h2-3,5,8H,1,4,6-7H2. The van der Waals surface area contributed by atoms with Crippen molar-refractivity contribution < 1.29 is 9.53 Å². The van der Waals surface area contributed by atoms with Crippen LogP contribution in [0.25, 0.3) is 5.65 Å². The number of carbonyl (C=O) groups is 1. The molecule has 7 nitrogen and oxygen atoms in total. The first-order valence-corrected chi connectivity index (χ1v) is 5.75. The van der Waals surface area contributed by atoms with Crippen LogP contribution in [0.1, 0.15) is 6.42 Å². The molecule has 1 aliphatic rings. The van der Waals surface area contributed by atoms with Crippen LogP contribution in [0.2, 0.25) is 0 Å². The SMILES string of the molecule is O=C(Cn1nc2cnccn2c1=O)C1CCOC1. The van der Waals surface area contributed by atoms with E-state index >= 15 is 0 Å². The molecule has 0 saturated carbocycles. The van der Waals surface area contributed by atoms with E-state index < -0.39 is 0 Å². The average Bonchev–Trinajstić information content (AvgIpc) is 3.00. The van der Waals surface area contributed by atoms with Gasteiger partial charge >= 0.3 is 5.69 Å². The van der Waals surface area contributed by atoms with Crippen molar-refractivity contribution in [2.75, 3.05) is 13.2 Å². The van der Waals surface area contributed by atoms with Crippen molar-refractivity contribution in [3.8, 4) is 0 Å².